The van der Waals surface area contributed by atoms with E-state index in [9.17, 15) is 4.79 Å². The van der Waals surface area contributed by atoms with Crippen molar-refractivity contribution >= 4 is 43.4 Å². The van der Waals surface area contributed by atoms with Crippen LogP contribution in [0.3, 0.4) is 0 Å². The molecule has 0 amide bonds. The fourth-order valence-electron chi connectivity index (χ4n) is 1.94. The van der Waals surface area contributed by atoms with E-state index in [1.54, 1.807) is 3.71 Å². The molecule has 0 N–H and O–H groups in total. The van der Waals surface area contributed by atoms with Crippen molar-refractivity contribution in [3.63, 3.8) is 0 Å². The van der Waals surface area contributed by atoms with Gasteiger partial charge >= 0.3 is 0 Å². The molecule has 2 nitrogen and oxygen atoms in total. The van der Waals surface area contributed by atoms with Crippen LogP contribution in [0.2, 0.25) is 0 Å². The van der Waals surface area contributed by atoms with Crippen LogP contribution in [0.1, 0.15) is 38.5 Å². The van der Waals surface area contributed by atoms with Gasteiger partial charge in [-0.05, 0) is 12.8 Å². The summed E-state index contributed by atoms with van der Waals surface area (Å²) in [5, 5.41) is -0.0741. The van der Waals surface area contributed by atoms with Crippen LogP contribution in [0.5, 0.6) is 0 Å². The molecule has 1 fully saturated rings. The van der Waals surface area contributed by atoms with E-state index in [2.05, 4.69) is 38.3 Å². The summed E-state index contributed by atoms with van der Waals surface area (Å²) in [5.74, 6) is 0. The van der Waals surface area contributed by atoms with Crippen LogP contribution in [-0.4, -0.2) is 14.4 Å². The molecule has 0 spiro atoms. The first-order valence-corrected chi connectivity index (χ1v) is 5.71. The first-order chi connectivity index (χ1) is 6.07. The highest BCUT2D eigenvalue weighted by atomic mass is 32.2. The molecule has 0 saturated heterocycles. The fourth-order valence-corrected chi connectivity index (χ4v) is 2.77. The number of rotatable bonds is 3. The van der Waals surface area contributed by atoms with E-state index in [0.717, 1.165) is 25.7 Å². The molecule has 0 atom stereocenters. The molecule has 1 aliphatic rings. The monoisotopic (exact) mass is 237 g/mol. The average molecular weight is 237 g/mol. The summed E-state index contributed by atoms with van der Waals surface area (Å²) in [5.41, 5.74) is -0.163. The lowest BCUT2D eigenvalue weighted by Gasteiger charge is -2.40. The zero-order chi connectivity index (χ0) is 9.90. The second-order valence-electron chi connectivity index (χ2n) is 3.64. The lowest BCUT2D eigenvalue weighted by atomic mass is 9.80. The molecule has 1 saturated carbocycles. The zero-order valence-electron chi connectivity index (χ0n) is 7.44. The third-order valence-electron chi connectivity index (χ3n) is 2.69. The number of hydrogen-bond acceptors (Lipinski definition) is 4. The predicted molar refractivity (Wildman–Crippen MR) is 64.2 cm³/mol. The van der Waals surface area contributed by atoms with Crippen molar-refractivity contribution in [1.82, 2.24) is 3.71 Å². The molecular formula is C8H15NOS3. The van der Waals surface area contributed by atoms with Crippen molar-refractivity contribution in [3.05, 3.63) is 0 Å². The molecule has 0 bridgehead atoms. The molecule has 0 unspecified atom stereocenters. The molecule has 5 heteroatoms. The molecule has 0 radical (unpaired) electrons. The lowest BCUT2D eigenvalue weighted by molar-refractivity contribution is -0.112. The van der Waals surface area contributed by atoms with E-state index < -0.39 is 0 Å². The van der Waals surface area contributed by atoms with Crippen LogP contribution < -0.4 is 0 Å². The van der Waals surface area contributed by atoms with E-state index in [1.807, 2.05) is 0 Å². The summed E-state index contributed by atoms with van der Waals surface area (Å²) in [6.07, 6.45) is 5.98. The Balaban J connectivity index is 2.67. The highest BCUT2D eigenvalue weighted by Gasteiger charge is 2.36. The number of nitrogens with zero attached hydrogens (tertiary/aromatic N) is 1. The normalized spacial score (nSPS) is 21.8. The Morgan fingerprint density at radius 1 is 1.23 bits per heavy atom. The fraction of sp³-hybridized carbons (Fsp3) is 0.875. The summed E-state index contributed by atoms with van der Waals surface area (Å²) in [4.78, 5) is 11.0. The Bertz CT molecular complexity index is 190. The molecular weight excluding hydrogens is 222 g/mol. The quantitative estimate of drug-likeness (QED) is 0.656. The van der Waals surface area contributed by atoms with Crippen LogP contribution in [0.25, 0.3) is 0 Å². The molecule has 0 aromatic heterocycles. The van der Waals surface area contributed by atoms with Gasteiger partial charge in [-0.3, -0.25) is 4.79 Å². The van der Waals surface area contributed by atoms with Crippen molar-refractivity contribution in [2.45, 2.75) is 44.1 Å². The summed E-state index contributed by atoms with van der Waals surface area (Å²) < 4.78 is 1.60. The van der Waals surface area contributed by atoms with E-state index in [1.165, 1.54) is 6.42 Å². The van der Waals surface area contributed by atoms with Gasteiger partial charge in [-0.15, -0.1) is 12.6 Å². The Morgan fingerprint density at radius 3 is 2.15 bits per heavy atom. The number of thiol groups is 3. The minimum atomic E-state index is -0.163. The van der Waals surface area contributed by atoms with Gasteiger partial charge in [0.2, 0.25) is 0 Å². The largest absolute Gasteiger partial charge is 0.287 e. The van der Waals surface area contributed by atoms with Crippen LogP contribution in [0.15, 0.2) is 0 Å². The Kier molecular flexibility index (Phi) is 4.48. The predicted octanol–water partition coefficient (Wildman–Crippen LogP) is 2.53. The summed E-state index contributed by atoms with van der Waals surface area (Å²) >= 11 is 12.2. The Morgan fingerprint density at radius 2 is 1.77 bits per heavy atom. The minimum Gasteiger partial charge on any atom is -0.287 e. The number of carbonyl (C=O) groups excluding carboxylic acids is 1. The third kappa shape index (κ3) is 3.08. The maximum absolute atomic E-state index is 11.0. The van der Waals surface area contributed by atoms with Crippen LogP contribution >= 0.6 is 38.3 Å². The molecule has 0 aromatic rings. The van der Waals surface area contributed by atoms with Gasteiger partial charge in [-0.1, -0.05) is 44.9 Å². The minimum absolute atomic E-state index is 0.0741. The second-order valence-corrected chi connectivity index (χ2v) is 5.26. The maximum Gasteiger partial charge on any atom is 0.187 e. The van der Waals surface area contributed by atoms with Gasteiger partial charge in [0.25, 0.3) is 0 Å². The first-order valence-electron chi connectivity index (χ1n) is 4.47. The lowest BCUT2D eigenvalue weighted by Crippen LogP contribution is -2.41. The smallest absolute Gasteiger partial charge is 0.187 e. The van der Waals surface area contributed by atoms with E-state index in [4.69, 9.17) is 0 Å². The standard InChI is InChI=1S/C8H15NOS3/c10-7(11)6-8(9(12)13)4-2-1-3-5-8/h12-13H,1-6H2,(H,10,11). The van der Waals surface area contributed by atoms with Crippen molar-refractivity contribution in [3.8, 4) is 0 Å². The molecule has 76 valence electrons. The molecule has 0 aliphatic heterocycles. The van der Waals surface area contributed by atoms with Gasteiger partial charge in [0.05, 0.1) is 0 Å². The SMILES string of the molecule is O=C(S)CC1(N(S)S)CCCCC1. The van der Waals surface area contributed by atoms with Gasteiger partial charge in [0.15, 0.2) is 5.12 Å². The Labute approximate surface area is 95.9 Å². The average Bonchev–Trinajstić information content (AvgIpc) is 2.04. The number of hydrogen-bond donors (Lipinski definition) is 3. The van der Waals surface area contributed by atoms with Crippen LogP contribution in [-0.2, 0) is 4.79 Å². The van der Waals surface area contributed by atoms with Gasteiger partial charge in [-0.2, -0.15) is 3.71 Å². The van der Waals surface area contributed by atoms with Crippen molar-refractivity contribution in [2.75, 3.05) is 0 Å². The topological polar surface area (TPSA) is 20.3 Å². The Hall–Kier alpha value is 0.680. The summed E-state index contributed by atoms with van der Waals surface area (Å²) in [6.45, 7) is 0. The van der Waals surface area contributed by atoms with Gasteiger partial charge in [0, 0.05) is 12.0 Å². The molecule has 0 heterocycles. The maximum atomic E-state index is 11.0. The second kappa shape index (κ2) is 4.96. The highest BCUT2D eigenvalue weighted by Crippen LogP contribution is 2.38. The van der Waals surface area contributed by atoms with Crippen LogP contribution in [0.4, 0.5) is 0 Å². The third-order valence-corrected chi connectivity index (χ3v) is 3.70. The van der Waals surface area contributed by atoms with E-state index in [0.29, 0.717) is 6.42 Å². The highest BCUT2D eigenvalue weighted by molar-refractivity contribution is 7.96. The number of carbonyl (C=O) groups is 1. The summed E-state index contributed by atoms with van der Waals surface area (Å²) in [7, 11) is 0. The molecule has 1 rings (SSSR count). The van der Waals surface area contributed by atoms with Gasteiger partial charge in [0.1, 0.15) is 0 Å². The van der Waals surface area contributed by atoms with Crippen molar-refractivity contribution in [1.29, 1.82) is 0 Å². The van der Waals surface area contributed by atoms with Crippen molar-refractivity contribution in [2.24, 2.45) is 0 Å². The van der Waals surface area contributed by atoms with Gasteiger partial charge < -0.3 is 0 Å². The van der Waals surface area contributed by atoms with E-state index >= 15 is 0 Å². The van der Waals surface area contributed by atoms with Crippen LogP contribution in [0, 0.1) is 0 Å². The first kappa shape index (κ1) is 11.8. The van der Waals surface area contributed by atoms with Crippen molar-refractivity contribution < 1.29 is 4.79 Å². The van der Waals surface area contributed by atoms with E-state index in [-0.39, 0.29) is 10.7 Å². The molecule has 1 aliphatic carbocycles. The molecule has 13 heavy (non-hydrogen) atoms. The van der Waals surface area contributed by atoms with Gasteiger partial charge in [-0.25, -0.2) is 0 Å². The zero-order valence-corrected chi connectivity index (χ0v) is 10.1. The molecule has 0 aromatic carbocycles. The summed E-state index contributed by atoms with van der Waals surface area (Å²) in [6, 6.07) is 0.